The predicted molar refractivity (Wildman–Crippen MR) is 46.5 cm³/mol. The lowest BCUT2D eigenvalue weighted by Gasteiger charge is -2.20. The summed E-state index contributed by atoms with van der Waals surface area (Å²) in [6.07, 6.45) is 6.03. The minimum Gasteiger partial charge on any atom is -0.379 e. The van der Waals surface area contributed by atoms with Crippen LogP contribution in [0.25, 0.3) is 0 Å². The summed E-state index contributed by atoms with van der Waals surface area (Å²) in [7, 11) is 0. The molecular weight excluding hydrogens is 138 g/mol. The van der Waals surface area contributed by atoms with E-state index < -0.39 is 0 Å². The van der Waals surface area contributed by atoms with E-state index in [-0.39, 0.29) is 5.54 Å². The minimum atomic E-state index is 0.0230. The Balaban J connectivity index is 2.13. The van der Waals surface area contributed by atoms with Crippen LogP contribution in [-0.4, -0.2) is 18.8 Å². The van der Waals surface area contributed by atoms with Gasteiger partial charge < -0.3 is 10.5 Å². The summed E-state index contributed by atoms with van der Waals surface area (Å²) in [5, 5.41) is 0. The van der Waals surface area contributed by atoms with Gasteiger partial charge in [-0.25, -0.2) is 0 Å². The van der Waals surface area contributed by atoms with Crippen LogP contribution < -0.4 is 5.73 Å². The van der Waals surface area contributed by atoms with E-state index in [0.29, 0.717) is 0 Å². The van der Waals surface area contributed by atoms with Gasteiger partial charge in [0.1, 0.15) is 0 Å². The van der Waals surface area contributed by atoms with Gasteiger partial charge >= 0.3 is 0 Å². The molecule has 1 aliphatic heterocycles. The number of nitrogens with two attached hydrogens (primary N) is 1. The van der Waals surface area contributed by atoms with Gasteiger partial charge in [-0.2, -0.15) is 0 Å². The van der Waals surface area contributed by atoms with Crippen LogP contribution >= 0.6 is 0 Å². The average molecular weight is 157 g/mol. The Morgan fingerprint density at radius 2 is 2.27 bits per heavy atom. The minimum absolute atomic E-state index is 0.0230. The summed E-state index contributed by atoms with van der Waals surface area (Å²) in [4.78, 5) is 0. The van der Waals surface area contributed by atoms with Crippen molar-refractivity contribution in [1.29, 1.82) is 0 Å². The topological polar surface area (TPSA) is 35.2 Å². The van der Waals surface area contributed by atoms with Gasteiger partial charge in [-0.1, -0.05) is 26.2 Å². The largest absolute Gasteiger partial charge is 0.379 e. The molecule has 0 bridgehead atoms. The molecule has 1 fully saturated rings. The number of rotatable bonds is 4. The fourth-order valence-corrected chi connectivity index (χ4v) is 1.55. The van der Waals surface area contributed by atoms with E-state index >= 15 is 0 Å². The van der Waals surface area contributed by atoms with Crippen LogP contribution in [0.1, 0.15) is 39.0 Å². The van der Waals surface area contributed by atoms with Crippen LogP contribution in [0.5, 0.6) is 0 Å². The Hall–Kier alpha value is -0.0800. The summed E-state index contributed by atoms with van der Waals surface area (Å²) in [5.74, 6) is 0. The SMILES string of the molecule is CCCCCC1(N)CCOC1. The lowest BCUT2D eigenvalue weighted by atomic mass is 9.93. The smallest absolute Gasteiger partial charge is 0.0647 e. The summed E-state index contributed by atoms with van der Waals surface area (Å²) >= 11 is 0. The molecule has 1 heterocycles. The summed E-state index contributed by atoms with van der Waals surface area (Å²) in [6, 6.07) is 0. The molecular formula is C9H19NO. The second-order valence-corrected chi connectivity index (χ2v) is 3.62. The van der Waals surface area contributed by atoms with Gasteiger partial charge in [0.25, 0.3) is 0 Å². The van der Waals surface area contributed by atoms with E-state index in [1.807, 2.05) is 0 Å². The standard InChI is InChI=1S/C9H19NO/c1-2-3-4-5-9(10)6-7-11-8-9/h2-8,10H2,1H3. The normalized spacial score (nSPS) is 31.1. The first-order valence-electron chi connectivity index (χ1n) is 4.63. The van der Waals surface area contributed by atoms with Crippen LogP contribution in [0.3, 0.4) is 0 Å². The van der Waals surface area contributed by atoms with Crippen LogP contribution in [0.2, 0.25) is 0 Å². The molecule has 0 amide bonds. The zero-order valence-electron chi connectivity index (χ0n) is 7.44. The lowest BCUT2D eigenvalue weighted by Crippen LogP contribution is -2.40. The van der Waals surface area contributed by atoms with E-state index in [1.54, 1.807) is 0 Å². The third-order valence-corrected chi connectivity index (χ3v) is 2.41. The van der Waals surface area contributed by atoms with Gasteiger partial charge in [0.15, 0.2) is 0 Å². The predicted octanol–water partition coefficient (Wildman–Crippen LogP) is 1.68. The summed E-state index contributed by atoms with van der Waals surface area (Å²) < 4.78 is 5.27. The molecule has 2 N–H and O–H groups in total. The van der Waals surface area contributed by atoms with Crippen LogP contribution in [-0.2, 0) is 4.74 Å². The number of unbranched alkanes of at least 4 members (excludes halogenated alkanes) is 2. The molecule has 0 radical (unpaired) electrons. The van der Waals surface area contributed by atoms with Gasteiger partial charge in [-0.3, -0.25) is 0 Å². The van der Waals surface area contributed by atoms with Gasteiger partial charge in [0.05, 0.1) is 6.61 Å². The third-order valence-electron chi connectivity index (χ3n) is 2.41. The molecule has 0 aromatic carbocycles. The van der Waals surface area contributed by atoms with E-state index in [2.05, 4.69) is 6.92 Å². The van der Waals surface area contributed by atoms with Crippen molar-refractivity contribution in [3.05, 3.63) is 0 Å². The second-order valence-electron chi connectivity index (χ2n) is 3.62. The first-order chi connectivity index (χ1) is 5.27. The van der Waals surface area contributed by atoms with Gasteiger partial charge in [-0.15, -0.1) is 0 Å². The van der Waals surface area contributed by atoms with Crippen molar-refractivity contribution in [2.24, 2.45) is 5.73 Å². The quantitative estimate of drug-likeness (QED) is 0.630. The number of hydrogen-bond acceptors (Lipinski definition) is 2. The molecule has 0 spiro atoms. The van der Waals surface area contributed by atoms with E-state index in [9.17, 15) is 0 Å². The van der Waals surface area contributed by atoms with Crippen LogP contribution in [0, 0.1) is 0 Å². The fourth-order valence-electron chi connectivity index (χ4n) is 1.55. The molecule has 1 rings (SSSR count). The Labute approximate surface area is 69.1 Å². The maximum absolute atomic E-state index is 6.07. The monoisotopic (exact) mass is 157 g/mol. The Morgan fingerprint density at radius 3 is 2.82 bits per heavy atom. The van der Waals surface area contributed by atoms with Gasteiger partial charge in [0, 0.05) is 12.1 Å². The summed E-state index contributed by atoms with van der Waals surface area (Å²) in [5.41, 5.74) is 6.10. The maximum atomic E-state index is 6.07. The highest BCUT2D eigenvalue weighted by Crippen LogP contribution is 2.21. The lowest BCUT2D eigenvalue weighted by molar-refractivity contribution is 0.175. The zero-order chi connectivity index (χ0) is 8.16. The van der Waals surface area contributed by atoms with Gasteiger partial charge in [0.2, 0.25) is 0 Å². The van der Waals surface area contributed by atoms with E-state index in [4.69, 9.17) is 10.5 Å². The van der Waals surface area contributed by atoms with Crippen molar-refractivity contribution in [1.82, 2.24) is 0 Å². The van der Waals surface area contributed by atoms with Crippen molar-refractivity contribution in [2.45, 2.75) is 44.6 Å². The molecule has 66 valence electrons. The highest BCUT2D eigenvalue weighted by Gasteiger charge is 2.29. The van der Waals surface area contributed by atoms with Gasteiger partial charge in [-0.05, 0) is 12.8 Å². The van der Waals surface area contributed by atoms with Crippen LogP contribution in [0.4, 0.5) is 0 Å². The van der Waals surface area contributed by atoms with Crippen LogP contribution in [0.15, 0.2) is 0 Å². The highest BCUT2D eigenvalue weighted by atomic mass is 16.5. The molecule has 1 atom stereocenters. The van der Waals surface area contributed by atoms with Crippen molar-refractivity contribution >= 4 is 0 Å². The molecule has 2 heteroatoms. The molecule has 2 nitrogen and oxygen atoms in total. The zero-order valence-corrected chi connectivity index (χ0v) is 7.44. The highest BCUT2D eigenvalue weighted by molar-refractivity contribution is 4.87. The molecule has 0 aromatic heterocycles. The Kier molecular flexibility index (Phi) is 3.34. The maximum Gasteiger partial charge on any atom is 0.0647 e. The molecule has 1 saturated heterocycles. The molecule has 0 aliphatic carbocycles. The third kappa shape index (κ3) is 2.80. The molecule has 0 aromatic rings. The first kappa shape index (κ1) is 9.01. The fraction of sp³-hybridized carbons (Fsp3) is 1.00. The molecule has 1 unspecified atom stereocenters. The van der Waals surface area contributed by atoms with Crippen molar-refractivity contribution in [3.63, 3.8) is 0 Å². The molecule has 0 saturated carbocycles. The van der Waals surface area contributed by atoms with Crippen molar-refractivity contribution in [3.8, 4) is 0 Å². The first-order valence-corrected chi connectivity index (χ1v) is 4.63. The number of hydrogen-bond donors (Lipinski definition) is 1. The molecule has 1 aliphatic rings. The van der Waals surface area contributed by atoms with Crippen molar-refractivity contribution in [2.75, 3.05) is 13.2 Å². The van der Waals surface area contributed by atoms with E-state index in [1.165, 1.54) is 19.3 Å². The Morgan fingerprint density at radius 1 is 1.45 bits per heavy atom. The summed E-state index contributed by atoms with van der Waals surface area (Å²) in [6.45, 7) is 3.85. The van der Waals surface area contributed by atoms with E-state index in [0.717, 1.165) is 26.1 Å². The molecule has 11 heavy (non-hydrogen) atoms. The average Bonchev–Trinajstić information content (AvgIpc) is 2.38. The number of ether oxygens (including phenoxy) is 1. The second kappa shape index (κ2) is 4.07. The Bertz CT molecular complexity index is 108. The van der Waals surface area contributed by atoms with Crippen molar-refractivity contribution < 1.29 is 4.74 Å².